The molecule has 2 N–H and O–H groups in total. The molecule has 13 heavy (non-hydrogen) atoms. The normalized spacial score (nSPS) is 19.2. The zero-order valence-corrected chi connectivity index (χ0v) is 7.95. The predicted molar refractivity (Wildman–Crippen MR) is 56.7 cm³/mol. The van der Waals surface area contributed by atoms with E-state index in [1.807, 2.05) is 24.3 Å². The average molecular weight is 177 g/mol. The van der Waals surface area contributed by atoms with E-state index in [-0.39, 0.29) is 0 Å². The monoisotopic (exact) mass is 177 g/mol. The lowest BCUT2D eigenvalue weighted by molar-refractivity contribution is -0.862. The largest absolute Gasteiger partial charge is 0.399 e. The fourth-order valence-corrected chi connectivity index (χ4v) is 1.52. The lowest BCUT2D eigenvalue weighted by Gasteiger charge is -2.33. The average Bonchev–Trinajstić information content (AvgIpc) is 2.11. The molecule has 0 aliphatic carbocycles. The van der Waals surface area contributed by atoms with Crippen molar-refractivity contribution in [3.05, 3.63) is 49.4 Å². The Hall–Kier alpha value is -1.28. The second-order valence-corrected chi connectivity index (χ2v) is 3.36. The van der Waals surface area contributed by atoms with Gasteiger partial charge in [-0.25, -0.2) is 0 Å². The molecule has 0 atom stereocenters. The van der Waals surface area contributed by atoms with Gasteiger partial charge in [0.2, 0.25) is 0 Å². The van der Waals surface area contributed by atoms with Crippen LogP contribution in [-0.2, 0) is 0 Å². The van der Waals surface area contributed by atoms with E-state index in [4.69, 9.17) is 5.73 Å². The van der Waals surface area contributed by atoms with Gasteiger partial charge in [0.15, 0.2) is 0 Å². The molecule has 0 aromatic heterocycles. The van der Waals surface area contributed by atoms with Crippen molar-refractivity contribution in [2.45, 2.75) is 0 Å². The van der Waals surface area contributed by atoms with E-state index in [2.05, 4.69) is 19.4 Å². The van der Waals surface area contributed by atoms with Crippen LogP contribution in [0.4, 0.5) is 0 Å². The molecule has 0 fully saturated rings. The fourth-order valence-electron chi connectivity index (χ4n) is 1.52. The maximum Gasteiger partial charge on any atom is 0.104 e. The van der Waals surface area contributed by atoms with Gasteiger partial charge in [-0.2, -0.15) is 0 Å². The van der Waals surface area contributed by atoms with Crippen molar-refractivity contribution in [1.82, 2.24) is 0 Å². The minimum atomic E-state index is 0.849. The van der Waals surface area contributed by atoms with Gasteiger partial charge in [0.25, 0.3) is 0 Å². The number of nitrogens with two attached hydrogens (primary N) is 1. The summed E-state index contributed by atoms with van der Waals surface area (Å²) in [6.07, 6.45) is 9.99. The Balaban J connectivity index is 2.76. The summed E-state index contributed by atoms with van der Waals surface area (Å²) in [5, 5.41) is 0. The first kappa shape index (κ1) is 9.81. The molecule has 2 heteroatoms. The van der Waals surface area contributed by atoms with Gasteiger partial charge < -0.3 is 5.73 Å². The lowest BCUT2D eigenvalue weighted by Crippen LogP contribution is -2.44. The van der Waals surface area contributed by atoms with Crippen LogP contribution in [0.15, 0.2) is 49.4 Å². The Morgan fingerprint density at radius 1 is 1.38 bits per heavy atom. The topological polar surface area (TPSA) is 26.0 Å². The third-order valence-corrected chi connectivity index (χ3v) is 2.26. The van der Waals surface area contributed by atoms with Gasteiger partial charge in [-0.05, 0) is 18.2 Å². The Morgan fingerprint density at radius 3 is 2.38 bits per heavy atom. The molecule has 0 spiro atoms. The number of rotatable bonds is 4. The van der Waals surface area contributed by atoms with Gasteiger partial charge in [0.05, 0.1) is 6.20 Å². The first-order valence-corrected chi connectivity index (χ1v) is 4.45. The van der Waals surface area contributed by atoms with Crippen molar-refractivity contribution < 1.29 is 4.48 Å². The number of nitrogens with zero attached hydrogens (tertiary/aromatic N) is 1. The summed E-state index contributed by atoms with van der Waals surface area (Å²) in [4.78, 5) is 0. The molecule has 2 nitrogen and oxygen atoms in total. The van der Waals surface area contributed by atoms with Gasteiger partial charge in [-0.3, -0.25) is 4.48 Å². The van der Waals surface area contributed by atoms with Gasteiger partial charge >= 0.3 is 0 Å². The molecule has 1 aliphatic heterocycles. The first-order chi connectivity index (χ1) is 6.22. The van der Waals surface area contributed by atoms with E-state index >= 15 is 0 Å². The SMILES string of the molecule is C=CC[N+]1(CC=C)C=CC(N)=CC1. The molecule has 0 aromatic rings. The molecule has 0 bridgehead atoms. The quantitative estimate of drug-likeness (QED) is 0.511. The molecule has 0 saturated heterocycles. The van der Waals surface area contributed by atoms with Crippen molar-refractivity contribution in [3.8, 4) is 0 Å². The number of allylic oxidation sites excluding steroid dienone is 1. The van der Waals surface area contributed by atoms with Crippen molar-refractivity contribution in [2.75, 3.05) is 19.6 Å². The second kappa shape index (κ2) is 4.10. The van der Waals surface area contributed by atoms with Crippen LogP contribution < -0.4 is 5.73 Å². The molecule has 0 saturated carbocycles. The Kier molecular flexibility index (Phi) is 3.09. The first-order valence-electron chi connectivity index (χ1n) is 4.45. The van der Waals surface area contributed by atoms with Crippen LogP contribution in [0.3, 0.4) is 0 Å². The van der Waals surface area contributed by atoms with E-state index in [9.17, 15) is 0 Å². The standard InChI is InChI=1S/C11H17N2/c1-3-7-13(8-4-2)9-5-11(12)6-10-13/h3-6,9H,1-2,7-8,10,12H2/q+1. The summed E-state index contributed by atoms with van der Waals surface area (Å²) in [5.74, 6) is 0. The molecule has 1 aliphatic rings. The molecule has 1 rings (SSSR count). The van der Waals surface area contributed by atoms with Gasteiger partial charge in [0.1, 0.15) is 19.6 Å². The summed E-state index contributed by atoms with van der Waals surface area (Å²) >= 11 is 0. The molecule has 0 aromatic carbocycles. The zero-order valence-electron chi connectivity index (χ0n) is 7.95. The van der Waals surface area contributed by atoms with Crippen molar-refractivity contribution >= 4 is 0 Å². The molecule has 0 radical (unpaired) electrons. The maximum atomic E-state index is 5.66. The third-order valence-electron chi connectivity index (χ3n) is 2.26. The summed E-state index contributed by atoms with van der Waals surface area (Å²) in [6, 6.07) is 0. The third kappa shape index (κ3) is 2.33. The Labute approximate surface area is 79.9 Å². The number of hydrogen-bond donors (Lipinski definition) is 1. The van der Waals surface area contributed by atoms with E-state index in [0.717, 1.165) is 29.8 Å². The minimum Gasteiger partial charge on any atom is -0.399 e. The molecule has 0 amide bonds. The molecular formula is C11H17N2+. The summed E-state index contributed by atoms with van der Waals surface area (Å²) < 4.78 is 0.855. The van der Waals surface area contributed by atoms with Crippen LogP contribution in [0.2, 0.25) is 0 Å². The van der Waals surface area contributed by atoms with Gasteiger partial charge in [0, 0.05) is 11.8 Å². The molecule has 0 unspecified atom stereocenters. The highest BCUT2D eigenvalue weighted by molar-refractivity contribution is 5.16. The molecule has 1 heterocycles. The predicted octanol–water partition coefficient (Wildman–Crippen LogP) is 1.55. The second-order valence-electron chi connectivity index (χ2n) is 3.36. The summed E-state index contributed by atoms with van der Waals surface area (Å²) in [7, 11) is 0. The summed E-state index contributed by atoms with van der Waals surface area (Å²) in [5.41, 5.74) is 6.51. The van der Waals surface area contributed by atoms with Gasteiger partial charge in [-0.1, -0.05) is 13.2 Å². The van der Waals surface area contributed by atoms with Crippen LogP contribution in [-0.4, -0.2) is 24.1 Å². The Morgan fingerprint density at radius 2 is 2.00 bits per heavy atom. The minimum absolute atomic E-state index is 0.849. The van der Waals surface area contributed by atoms with E-state index < -0.39 is 0 Å². The van der Waals surface area contributed by atoms with Crippen molar-refractivity contribution in [1.29, 1.82) is 0 Å². The highest BCUT2D eigenvalue weighted by Gasteiger charge is 2.22. The van der Waals surface area contributed by atoms with Crippen LogP contribution in [0.1, 0.15) is 0 Å². The van der Waals surface area contributed by atoms with Crippen molar-refractivity contribution in [3.63, 3.8) is 0 Å². The van der Waals surface area contributed by atoms with E-state index in [0.29, 0.717) is 0 Å². The van der Waals surface area contributed by atoms with Crippen LogP contribution >= 0.6 is 0 Å². The van der Waals surface area contributed by atoms with Gasteiger partial charge in [-0.15, -0.1) is 0 Å². The summed E-state index contributed by atoms with van der Waals surface area (Å²) in [6.45, 7) is 10.3. The van der Waals surface area contributed by atoms with Crippen LogP contribution in [0.5, 0.6) is 0 Å². The highest BCUT2D eigenvalue weighted by atomic mass is 15.3. The van der Waals surface area contributed by atoms with E-state index in [1.54, 1.807) is 0 Å². The molecule has 70 valence electrons. The maximum absolute atomic E-state index is 5.66. The highest BCUT2D eigenvalue weighted by Crippen LogP contribution is 2.14. The smallest absolute Gasteiger partial charge is 0.104 e. The zero-order chi connectivity index (χ0) is 9.73. The Bertz CT molecular complexity index is 251. The number of hydrogen-bond acceptors (Lipinski definition) is 1. The van der Waals surface area contributed by atoms with E-state index in [1.165, 1.54) is 0 Å². The number of quaternary nitrogens is 1. The fraction of sp³-hybridized carbons (Fsp3) is 0.273. The van der Waals surface area contributed by atoms with Crippen LogP contribution in [0, 0.1) is 0 Å². The van der Waals surface area contributed by atoms with Crippen LogP contribution in [0.25, 0.3) is 0 Å². The lowest BCUT2D eigenvalue weighted by atomic mass is 10.2. The van der Waals surface area contributed by atoms with Crippen molar-refractivity contribution in [2.24, 2.45) is 5.73 Å². The molecular weight excluding hydrogens is 160 g/mol.